The van der Waals surface area contributed by atoms with Crippen LogP contribution in [-0.2, 0) is 11.2 Å². The Morgan fingerprint density at radius 1 is 1.04 bits per heavy atom. The fourth-order valence-electron chi connectivity index (χ4n) is 2.84. The highest BCUT2D eigenvalue weighted by atomic mass is 16.5. The predicted molar refractivity (Wildman–Crippen MR) is 90.9 cm³/mol. The van der Waals surface area contributed by atoms with Gasteiger partial charge in [-0.1, -0.05) is 36.4 Å². The summed E-state index contributed by atoms with van der Waals surface area (Å²) in [7, 11) is 0. The molecule has 5 heteroatoms. The van der Waals surface area contributed by atoms with E-state index in [4.69, 9.17) is 10.5 Å². The van der Waals surface area contributed by atoms with Crippen molar-refractivity contribution in [3.05, 3.63) is 70.8 Å². The normalized spacial score (nSPS) is 14.4. The Balaban J connectivity index is 1.95. The van der Waals surface area contributed by atoms with E-state index in [0.717, 1.165) is 11.1 Å². The van der Waals surface area contributed by atoms with E-state index in [1.54, 1.807) is 17.0 Å². The summed E-state index contributed by atoms with van der Waals surface area (Å²) in [5.74, 6) is -0.607. The van der Waals surface area contributed by atoms with Crippen LogP contribution in [0, 0.1) is 0 Å². The second kappa shape index (κ2) is 7.27. The molecule has 5 nitrogen and oxygen atoms in total. The molecule has 1 fully saturated rings. The minimum absolute atomic E-state index is 0.0765. The average molecular weight is 324 g/mol. The van der Waals surface area contributed by atoms with Gasteiger partial charge in [-0.15, -0.1) is 0 Å². The lowest BCUT2D eigenvalue weighted by Crippen LogP contribution is -2.41. The molecule has 0 atom stereocenters. The summed E-state index contributed by atoms with van der Waals surface area (Å²) < 4.78 is 5.31. The molecule has 1 saturated heterocycles. The first-order valence-electron chi connectivity index (χ1n) is 7.99. The molecule has 1 aliphatic rings. The van der Waals surface area contributed by atoms with Gasteiger partial charge in [-0.25, -0.2) is 0 Å². The minimum atomic E-state index is -0.530. The Kier molecular flexibility index (Phi) is 4.91. The molecule has 24 heavy (non-hydrogen) atoms. The zero-order valence-electron chi connectivity index (χ0n) is 13.4. The Hall–Kier alpha value is -2.66. The third-order valence-corrected chi connectivity index (χ3v) is 4.16. The van der Waals surface area contributed by atoms with Gasteiger partial charge in [-0.3, -0.25) is 9.59 Å². The number of benzene rings is 2. The molecule has 2 aromatic carbocycles. The third-order valence-electron chi connectivity index (χ3n) is 4.16. The Morgan fingerprint density at radius 3 is 2.42 bits per heavy atom. The number of hydrogen-bond acceptors (Lipinski definition) is 3. The largest absolute Gasteiger partial charge is 0.378 e. The van der Waals surface area contributed by atoms with Crippen LogP contribution >= 0.6 is 0 Å². The van der Waals surface area contributed by atoms with Crippen LogP contribution in [0.25, 0.3) is 0 Å². The van der Waals surface area contributed by atoms with Crippen molar-refractivity contribution in [3.8, 4) is 0 Å². The lowest BCUT2D eigenvalue weighted by atomic mass is 9.96. The topological polar surface area (TPSA) is 72.6 Å². The molecular formula is C19H20N2O3. The molecule has 2 N–H and O–H groups in total. The molecule has 0 unspecified atom stereocenters. The first kappa shape index (κ1) is 16.2. The first-order valence-corrected chi connectivity index (χ1v) is 7.99. The second-order valence-electron chi connectivity index (χ2n) is 5.80. The van der Waals surface area contributed by atoms with E-state index in [9.17, 15) is 9.59 Å². The number of hydrogen-bond donors (Lipinski definition) is 1. The van der Waals surface area contributed by atoms with E-state index >= 15 is 0 Å². The molecule has 1 aliphatic heterocycles. The Labute approximate surface area is 141 Å². The molecule has 3 rings (SSSR count). The van der Waals surface area contributed by atoms with Gasteiger partial charge in [0.1, 0.15) is 0 Å². The van der Waals surface area contributed by atoms with Gasteiger partial charge >= 0.3 is 0 Å². The van der Waals surface area contributed by atoms with Crippen molar-refractivity contribution in [2.75, 3.05) is 26.3 Å². The van der Waals surface area contributed by atoms with Gasteiger partial charge in [-0.05, 0) is 29.7 Å². The van der Waals surface area contributed by atoms with Gasteiger partial charge in [0.25, 0.3) is 5.91 Å². The van der Waals surface area contributed by atoms with Gasteiger partial charge in [0.2, 0.25) is 5.91 Å². The molecule has 124 valence electrons. The maximum absolute atomic E-state index is 12.9. The number of rotatable bonds is 4. The van der Waals surface area contributed by atoms with Crippen molar-refractivity contribution in [1.29, 1.82) is 0 Å². The number of ether oxygens (including phenoxy) is 1. The molecule has 2 aromatic rings. The molecule has 0 aromatic heterocycles. The van der Waals surface area contributed by atoms with Gasteiger partial charge in [0, 0.05) is 24.2 Å². The summed E-state index contributed by atoms with van der Waals surface area (Å²) in [5.41, 5.74) is 8.27. The summed E-state index contributed by atoms with van der Waals surface area (Å²) in [6.45, 7) is 2.19. The van der Waals surface area contributed by atoms with E-state index in [-0.39, 0.29) is 5.91 Å². The predicted octanol–water partition coefficient (Wildman–Crippen LogP) is 1.85. The number of carbonyl (C=O) groups excluding carboxylic acids is 2. The summed E-state index contributed by atoms with van der Waals surface area (Å²) in [6.07, 6.45) is 0.630. The summed E-state index contributed by atoms with van der Waals surface area (Å²) in [6, 6.07) is 15.0. The van der Waals surface area contributed by atoms with Crippen LogP contribution in [0.5, 0.6) is 0 Å². The molecule has 0 radical (unpaired) electrons. The summed E-state index contributed by atoms with van der Waals surface area (Å²) in [5, 5.41) is 0. The van der Waals surface area contributed by atoms with Crippen LogP contribution in [0.15, 0.2) is 48.5 Å². The van der Waals surface area contributed by atoms with E-state index in [0.29, 0.717) is 43.9 Å². The number of morpholine rings is 1. The van der Waals surface area contributed by atoms with Crippen molar-refractivity contribution in [2.45, 2.75) is 6.42 Å². The fraction of sp³-hybridized carbons (Fsp3) is 0.263. The molecule has 0 spiro atoms. The number of nitrogens with zero attached hydrogens (tertiary/aromatic N) is 1. The molecule has 0 saturated carbocycles. The standard InChI is InChI=1S/C19H20N2O3/c20-18(22)16-7-6-15(12-14-4-2-1-3-5-14)17(13-16)19(23)21-8-10-24-11-9-21/h1-7,13H,8-12H2,(H2,20,22). The number of amides is 2. The van der Waals surface area contributed by atoms with Crippen LogP contribution in [0.2, 0.25) is 0 Å². The quantitative estimate of drug-likeness (QED) is 0.933. The van der Waals surface area contributed by atoms with E-state index in [2.05, 4.69) is 0 Å². The number of nitrogens with two attached hydrogens (primary N) is 1. The molecule has 0 bridgehead atoms. The number of carbonyl (C=O) groups is 2. The van der Waals surface area contributed by atoms with Crippen molar-refractivity contribution < 1.29 is 14.3 Å². The smallest absolute Gasteiger partial charge is 0.254 e. The zero-order valence-corrected chi connectivity index (χ0v) is 13.4. The van der Waals surface area contributed by atoms with Crippen molar-refractivity contribution in [3.63, 3.8) is 0 Å². The summed E-state index contributed by atoms with van der Waals surface area (Å²) >= 11 is 0. The van der Waals surface area contributed by atoms with Crippen molar-refractivity contribution in [2.24, 2.45) is 5.73 Å². The van der Waals surface area contributed by atoms with Crippen LogP contribution in [0.4, 0.5) is 0 Å². The SMILES string of the molecule is NC(=O)c1ccc(Cc2ccccc2)c(C(=O)N2CCOCC2)c1. The lowest BCUT2D eigenvalue weighted by Gasteiger charge is -2.27. The van der Waals surface area contributed by atoms with Crippen LogP contribution in [0.3, 0.4) is 0 Å². The first-order chi connectivity index (χ1) is 11.6. The molecular weight excluding hydrogens is 304 g/mol. The highest BCUT2D eigenvalue weighted by Gasteiger charge is 2.22. The van der Waals surface area contributed by atoms with Crippen molar-refractivity contribution in [1.82, 2.24) is 4.90 Å². The fourth-order valence-corrected chi connectivity index (χ4v) is 2.84. The zero-order chi connectivity index (χ0) is 16.9. The van der Waals surface area contributed by atoms with Gasteiger partial charge in [0.05, 0.1) is 13.2 Å². The second-order valence-corrected chi connectivity index (χ2v) is 5.80. The van der Waals surface area contributed by atoms with E-state index < -0.39 is 5.91 Å². The maximum Gasteiger partial charge on any atom is 0.254 e. The highest BCUT2D eigenvalue weighted by Crippen LogP contribution is 2.19. The number of primary amides is 1. The van der Waals surface area contributed by atoms with E-state index in [1.165, 1.54) is 0 Å². The monoisotopic (exact) mass is 324 g/mol. The summed E-state index contributed by atoms with van der Waals surface area (Å²) in [4.78, 5) is 26.2. The average Bonchev–Trinajstić information content (AvgIpc) is 2.63. The van der Waals surface area contributed by atoms with Gasteiger partial charge in [-0.2, -0.15) is 0 Å². The molecule has 2 amide bonds. The van der Waals surface area contributed by atoms with Gasteiger partial charge < -0.3 is 15.4 Å². The van der Waals surface area contributed by atoms with Crippen LogP contribution in [-0.4, -0.2) is 43.0 Å². The Bertz CT molecular complexity index is 738. The van der Waals surface area contributed by atoms with Crippen LogP contribution in [0.1, 0.15) is 31.8 Å². The molecule has 1 heterocycles. The van der Waals surface area contributed by atoms with Gasteiger partial charge in [0.15, 0.2) is 0 Å². The minimum Gasteiger partial charge on any atom is -0.378 e. The Morgan fingerprint density at radius 2 is 1.75 bits per heavy atom. The maximum atomic E-state index is 12.9. The highest BCUT2D eigenvalue weighted by molar-refractivity contribution is 6.00. The van der Waals surface area contributed by atoms with Crippen LogP contribution < -0.4 is 5.73 Å². The van der Waals surface area contributed by atoms with Crippen molar-refractivity contribution >= 4 is 11.8 Å². The van der Waals surface area contributed by atoms with E-state index in [1.807, 2.05) is 36.4 Å². The molecule has 0 aliphatic carbocycles. The lowest BCUT2D eigenvalue weighted by molar-refractivity contribution is 0.0302. The third kappa shape index (κ3) is 3.63.